The first-order valence-electron chi connectivity index (χ1n) is 11.3. The molecule has 1 aliphatic rings. The molecule has 2 aromatic carbocycles. The Labute approximate surface area is 200 Å². The summed E-state index contributed by atoms with van der Waals surface area (Å²) in [6.45, 7) is 7.94. The van der Waals surface area contributed by atoms with E-state index in [1.54, 1.807) is 0 Å². The molecule has 1 amide bonds. The van der Waals surface area contributed by atoms with Crippen LogP contribution in [0.2, 0.25) is 0 Å². The Kier molecular flexibility index (Phi) is 8.33. The van der Waals surface area contributed by atoms with Crippen LogP contribution in [0.25, 0.3) is 0 Å². The van der Waals surface area contributed by atoms with Gasteiger partial charge < -0.3 is 19.5 Å². The summed E-state index contributed by atoms with van der Waals surface area (Å²) in [5.74, 6) is 0.867. The highest BCUT2D eigenvalue weighted by Crippen LogP contribution is 2.46. The summed E-state index contributed by atoms with van der Waals surface area (Å²) in [6, 6.07) is 9.35. The van der Waals surface area contributed by atoms with Crippen LogP contribution in [0.3, 0.4) is 0 Å². The van der Waals surface area contributed by atoms with E-state index in [0.29, 0.717) is 11.8 Å². The number of carbonyl (C=O) groups is 1. The average Bonchev–Trinajstić information content (AvgIpc) is 2.81. The van der Waals surface area contributed by atoms with Crippen molar-refractivity contribution in [2.24, 2.45) is 11.8 Å². The number of nitro groups is 1. The second-order valence-electron chi connectivity index (χ2n) is 8.94. The third kappa shape index (κ3) is 5.77. The van der Waals surface area contributed by atoms with E-state index in [0.717, 1.165) is 25.2 Å². The number of ether oxygens (including phenoxy) is 3. The molecule has 1 saturated heterocycles. The van der Waals surface area contributed by atoms with E-state index in [1.807, 2.05) is 12.1 Å². The van der Waals surface area contributed by atoms with Crippen LogP contribution in [0.4, 0.5) is 5.69 Å². The van der Waals surface area contributed by atoms with Crippen LogP contribution >= 0.6 is 0 Å². The van der Waals surface area contributed by atoms with Gasteiger partial charge in [0.15, 0.2) is 5.75 Å². The molecule has 34 heavy (non-hydrogen) atoms. The molecule has 184 valence electrons. The quantitative estimate of drug-likeness (QED) is 0.435. The average molecular weight is 472 g/mol. The van der Waals surface area contributed by atoms with Gasteiger partial charge in [-0.15, -0.1) is 0 Å². The summed E-state index contributed by atoms with van der Waals surface area (Å²) in [5, 5.41) is 14.5. The number of nitrogens with zero attached hydrogens (tertiary/aromatic N) is 2. The monoisotopic (exact) mass is 471 g/mol. The molecule has 0 spiro atoms. The van der Waals surface area contributed by atoms with E-state index in [-0.39, 0.29) is 29.4 Å². The van der Waals surface area contributed by atoms with Crippen LogP contribution in [-0.4, -0.2) is 50.1 Å². The van der Waals surface area contributed by atoms with E-state index in [4.69, 9.17) is 14.2 Å². The third-order valence-corrected chi connectivity index (χ3v) is 6.06. The number of carbonyl (C=O) groups excluding carboxylic acids is 1. The van der Waals surface area contributed by atoms with Crippen molar-refractivity contribution in [2.75, 3.05) is 34.4 Å². The highest BCUT2D eigenvalue weighted by atomic mass is 16.6. The van der Waals surface area contributed by atoms with Gasteiger partial charge >= 0.3 is 5.69 Å². The lowest BCUT2D eigenvalue weighted by atomic mass is 9.91. The van der Waals surface area contributed by atoms with Crippen LogP contribution in [0.1, 0.15) is 41.8 Å². The lowest BCUT2D eigenvalue weighted by molar-refractivity contribution is -0.386. The second kappa shape index (κ2) is 11.2. The van der Waals surface area contributed by atoms with Crippen molar-refractivity contribution in [3.63, 3.8) is 0 Å². The van der Waals surface area contributed by atoms with Crippen LogP contribution in [0, 0.1) is 22.0 Å². The molecule has 1 heterocycles. The van der Waals surface area contributed by atoms with Crippen molar-refractivity contribution in [3.8, 4) is 17.2 Å². The number of rotatable bonds is 9. The Morgan fingerprint density at radius 2 is 1.62 bits per heavy atom. The van der Waals surface area contributed by atoms with E-state index >= 15 is 0 Å². The molecule has 0 saturated carbocycles. The summed E-state index contributed by atoms with van der Waals surface area (Å²) in [4.78, 5) is 26.5. The molecule has 2 aromatic rings. The highest BCUT2D eigenvalue weighted by Gasteiger charge is 2.32. The number of hydrogen-bond acceptors (Lipinski definition) is 7. The summed E-state index contributed by atoms with van der Waals surface area (Å²) in [6.07, 6.45) is 1.28. The number of nitrogens with one attached hydrogen (secondary N) is 1. The Morgan fingerprint density at radius 3 is 2.15 bits per heavy atom. The maximum Gasteiger partial charge on any atom is 0.327 e. The van der Waals surface area contributed by atoms with Crippen LogP contribution in [0.15, 0.2) is 30.3 Å². The van der Waals surface area contributed by atoms with E-state index in [2.05, 4.69) is 36.2 Å². The number of hydrogen-bond donors (Lipinski definition) is 1. The Morgan fingerprint density at radius 1 is 1.03 bits per heavy atom. The second-order valence-corrected chi connectivity index (χ2v) is 8.94. The SMILES string of the molecule is COc1cc(C(=O)NCc2ccc(CN3C[C@H](C)C[C@H](C)C3)cc2)c([N+](=O)[O-])c(OC)c1OC. The van der Waals surface area contributed by atoms with Gasteiger partial charge in [-0.1, -0.05) is 38.1 Å². The van der Waals surface area contributed by atoms with Crippen molar-refractivity contribution >= 4 is 11.6 Å². The minimum atomic E-state index is -0.660. The van der Waals surface area contributed by atoms with Gasteiger partial charge in [0.2, 0.25) is 11.5 Å². The molecule has 9 heteroatoms. The highest BCUT2D eigenvalue weighted by molar-refractivity contribution is 6.00. The van der Waals surface area contributed by atoms with E-state index in [1.165, 1.54) is 39.4 Å². The fourth-order valence-electron chi connectivity index (χ4n) is 4.71. The molecule has 1 fully saturated rings. The molecule has 0 aromatic heterocycles. The zero-order valence-electron chi connectivity index (χ0n) is 20.4. The number of methoxy groups -OCH3 is 3. The topological polar surface area (TPSA) is 103 Å². The van der Waals surface area contributed by atoms with E-state index in [9.17, 15) is 14.9 Å². The first-order valence-corrected chi connectivity index (χ1v) is 11.3. The van der Waals surface area contributed by atoms with Gasteiger partial charge in [0.05, 0.1) is 26.3 Å². The minimum Gasteiger partial charge on any atom is -0.493 e. The van der Waals surface area contributed by atoms with Crippen LogP contribution in [0.5, 0.6) is 17.2 Å². The number of amides is 1. The van der Waals surface area contributed by atoms with Gasteiger partial charge in [0, 0.05) is 32.2 Å². The summed E-state index contributed by atoms with van der Waals surface area (Å²) in [7, 11) is 4.01. The summed E-state index contributed by atoms with van der Waals surface area (Å²) in [5.41, 5.74) is 1.48. The number of nitro benzene ring substituents is 1. The summed E-state index contributed by atoms with van der Waals surface area (Å²) >= 11 is 0. The van der Waals surface area contributed by atoms with Crippen molar-refractivity contribution in [3.05, 3.63) is 57.1 Å². The Hall–Kier alpha value is -3.33. The lowest BCUT2D eigenvalue weighted by Gasteiger charge is -2.35. The number of piperidine rings is 1. The molecule has 1 aliphatic heterocycles. The molecule has 9 nitrogen and oxygen atoms in total. The third-order valence-electron chi connectivity index (χ3n) is 6.06. The van der Waals surface area contributed by atoms with Crippen LogP contribution in [-0.2, 0) is 13.1 Å². The van der Waals surface area contributed by atoms with Gasteiger partial charge in [-0.05, 0) is 29.4 Å². The normalized spacial score (nSPS) is 18.3. The number of likely N-dealkylation sites (tertiary alicyclic amines) is 1. The molecule has 1 N–H and O–H groups in total. The molecule has 3 rings (SSSR count). The Balaban J connectivity index is 1.71. The van der Waals surface area contributed by atoms with Gasteiger partial charge in [0.1, 0.15) is 5.56 Å². The molecule has 0 aliphatic carbocycles. The van der Waals surface area contributed by atoms with Crippen molar-refractivity contribution in [2.45, 2.75) is 33.4 Å². The zero-order valence-corrected chi connectivity index (χ0v) is 20.4. The van der Waals surface area contributed by atoms with Gasteiger partial charge in [-0.3, -0.25) is 19.8 Å². The fourth-order valence-corrected chi connectivity index (χ4v) is 4.71. The maximum atomic E-state index is 12.9. The molecule has 0 bridgehead atoms. The standard InChI is InChI=1S/C25H33N3O6/c1-16-10-17(2)14-27(13-16)15-19-8-6-18(7-9-19)12-26-25(29)20-11-21(32-3)23(33-4)24(34-5)22(20)28(30)31/h6-9,11,16-17H,10,12-15H2,1-5H3,(H,26,29)/t16-,17+. The smallest absolute Gasteiger partial charge is 0.327 e. The molecule has 0 radical (unpaired) electrons. The van der Waals surface area contributed by atoms with Gasteiger partial charge in [-0.25, -0.2) is 0 Å². The maximum absolute atomic E-state index is 12.9. The fraction of sp³-hybridized carbons (Fsp3) is 0.480. The van der Waals surface area contributed by atoms with Crippen molar-refractivity contribution < 1.29 is 23.9 Å². The first kappa shape index (κ1) is 25.3. The Bertz CT molecular complexity index is 1010. The molecular formula is C25H33N3O6. The zero-order chi connectivity index (χ0) is 24.8. The predicted molar refractivity (Wildman–Crippen MR) is 129 cm³/mol. The van der Waals surface area contributed by atoms with Crippen molar-refractivity contribution in [1.29, 1.82) is 0 Å². The van der Waals surface area contributed by atoms with Gasteiger partial charge in [-0.2, -0.15) is 0 Å². The van der Waals surface area contributed by atoms with Gasteiger partial charge in [0.25, 0.3) is 5.91 Å². The van der Waals surface area contributed by atoms with Crippen molar-refractivity contribution in [1.82, 2.24) is 10.2 Å². The molecular weight excluding hydrogens is 438 g/mol. The first-order chi connectivity index (χ1) is 16.3. The minimum absolute atomic E-state index is 0.0568. The summed E-state index contributed by atoms with van der Waals surface area (Å²) < 4.78 is 15.6. The predicted octanol–water partition coefficient (Wildman–Crippen LogP) is 4.03. The van der Waals surface area contributed by atoms with Crippen LogP contribution < -0.4 is 19.5 Å². The van der Waals surface area contributed by atoms with E-state index < -0.39 is 16.5 Å². The number of benzene rings is 2. The molecule has 0 unspecified atom stereocenters. The molecule has 2 atom stereocenters. The lowest BCUT2D eigenvalue weighted by Crippen LogP contribution is -2.38. The largest absolute Gasteiger partial charge is 0.493 e.